The van der Waals surface area contributed by atoms with E-state index in [4.69, 9.17) is 11.6 Å². The van der Waals surface area contributed by atoms with E-state index in [0.29, 0.717) is 24.5 Å². The molecule has 1 aromatic rings. The van der Waals surface area contributed by atoms with E-state index < -0.39 is 0 Å². The highest BCUT2D eigenvalue weighted by Crippen LogP contribution is 2.01. The summed E-state index contributed by atoms with van der Waals surface area (Å²) in [5.74, 6) is 11.6. The Labute approximate surface area is 77.3 Å². The Kier molecular flexibility index (Phi) is 3.76. The molecule has 0 saturated carbocycles. The number of hydrogen-bond acceptors (Lipinski definition) is 4. The lowest BCUT2D eigenvalue weighted by molar-refractivity contribution is 1.03. The van der Waals surface area contributed by atoms with Crippen LogP contribution in [0.2, 0.25) is 0 Å². The molecule has 0 fully saturated rings. The van der Waals surface area contributed by atoms with Crippen LogP contribution in [0.5, 0.6) is 0 Å². The van der Waals surface area contributed by atoms with Gasteiger partial charge in [0.1, 0.15) is 11.5 Å². The number of nitrogen functional groups attached to an aromatic ring is 1. The van der Waals surface area contributed by atoms with Gasteiger partial charge in [0.05, 0.1) is 0 Å². The molecule has 0 aliphatic carbocycles. The zero-order valence-corrected chi connectivity index (χ0v) is 7.25. The third-order valence-electron chi connectivity index (χ3n) is 1.38. The van der Waals surface area contributed by atoms with Gasteiger partial charge in [-0.1, -0.05) is 12.0 Å². The summed E-state index contributed by atoms with van der Waals surface area (Å²) < 4.78 is 0. The van der Waals surface area contributed by atoms with E-state index in [1.54, 1.807) is 6.07 Å². The second kappa shape index (κ2) is 5.14. The van der Waals surface area contributed by atoms with Crippen LogP contribution in [-0.4, -0.2) is 11.5 Å². The topological polar surface area (TPSA) is 77.0 Å². The van der Waals surface area contributed by atoms with Gasteiger partial charge in [0, 0.05) is 13.0 Å². The summed E-state index contributed by atoms with van der Waals surface area (Å²) in [6.45, 7) is 0.571. The average Bonchev–Trinajstić information content (AvgIpc) is 2.19. The second-order valence-electron chi connectivity index (χ2n) is 2.39. The lowest BCUT2D eigenvalue weighted by Crippen LogP contribution is -2.08. The molecule has 1 rings (SSSR count). The third kappa shape index (κ3) is 3.11. The number of hydrazine groups is 1. The summed E-state index contributed by atoms with van der Waals surface area (Å²) in [5, 5.41) is 0. The van der Waals surface area contributed by atoms with Gasteiger partial charge in [-0.05, 0) is 18.1 Å². The molecule has 0 aliphatic heterocycles. The van der Waals surface area contributed by atoms with Crippen molar-refractivity contribution >= 4 is 5.82 Å². The van der Waals surface area contributed by atoms with Gasteiger partial charge in [-0.2, -0.15) is 0 Å². The van der Waals surface area contributed by atoms with Crippen molar-refractivity contribution in [3.05, 3.63) is 23.9 Å². The highest BCUT2D eigenvalue weighted by atomic mass is 15.2. The van der Waals surface area contributed by atoms with Crippen LogP contribution in [0.15, 0.2) is 18.2 Å². The van der Waals surface area contributed by atoms with Crippen LogP contribution in [-0.2, 0) is 0 Å². The van der Waals surface area contributed by atoms with Crippen molar-refractivity contribution in [3.63, 3.8) is 0 Å². The molecule has 1 heterocycles. The normalized spacial score (nSPS) is 8.77. The first kappa shape index (κ1) is 9.52. The summed E-state index contributed by atoms with van der Waals surface area (Å²) in [5.41, 5.74) is 8.45. The van der Waals surface area contributed by atoms with Crippen LogP contribution >= 0.6 is 0 Å². The summed E-state index contributed by atoms with van der Waals surface area (Å²) in [4.78, 5) is 4.11. The van der Waals surface area contributed by atoms with Gasteiger partial charge < -0.3 is 11.2 Å². The fourth-order valence-electron chi connectivity index (χ4n) is 0.810. The summed E-state index contributed by atoms with van der Waals surface area (Å²) in [7, 11) is 0. The summed E-state index contributed by atoms with van der Waals surface area (Å²) >= 11 is 0. The Morgan fingerprint density at radius 1 is 1.46 bits per heavy atom. The molecule has 0 saturated heterocycles. The van der Waals surface area contributed by atoms with E-state index in [-0.39, 0.29) is 0 Å². The van der Waals surface area contributed by atoms with Crippen molar-refractivity contribution in [2.24, 2.45) is 11.6 Å². The Bertz CT molecular complexity index is 324. The Morgan fingerprint density at radius 2 is 2.31 bits per heavy atom. The van der Waals surface area contributed by atoms with Crippen molar-refractivity contribution in [2.45, 2.75) is 6.42 Å². The number of aromatic nitrogens is 1. The van der Waals surface area contributed by atoms with E-state index in [1.807, 2.05) is 12.1 Å². The quantitative estimate of drug-likeness (QED) is 0.338. The molecule has 0 radical (unpaired) electrons. The first-order chi connectivity index (χ1) is 6.36. The SMILES string of the molecule is NCCC#Cc1cccc(NN)n1. The summed E-state index contributed by atoms with van der Waals surface area (Å²) in [6.07, 6.45) is 0.683. The third-order valence-corrected chi connectivity index (χ3v) is 1.38. The lowest BCUT2D eigenvalue weighted by Gasteiger charge is -1.97. The molecule has 4 heteroatoms. The van der Waals surface area contributed by atoms with Gasteiger partial charge in [0.2, 0.25) is 0 Å². The maximum atomic E-state index is 5.29. The number of pyridine rings is 1. The minimum Gasteiger partial charge on any atom is -0.330 e. The zero-order valence-electron chi connectivity index (χ0n) is 7.25. The van der Waals surface area contributed by atoms with E-state index in [9.17, 15) is 0 Å². The lowest BCUT2D eigenvalue weighted by atomic mass is 10.3. The average molecular weight is 176 g/mol. The standard InChI is InChI=1S/C9H12N4/c10-7-2-1-4-8-5-3-6-9(12-8)13-11/h3,5-6H,2,7,10-11H2,(H,12,13). The monoisotopic (exact) mass is 176 g/mol. The number of anilines is 1. The second-order valence-corrected chi connectivity index (χ2v) is 2.39. The molecule has 1 aromatic heterocycles. The number of nitrogens with one attached hydrogen (secondary N) is 1. The molecule has 0 aliphatic rings. The number of nitrogens with two attached hydrogens (primary N) is 2. The van der Waals surface area contributed by atoms with E-state index >= 15 is 0 Å². The van der Waals surface area contributed by atoms with Gasteiger partial charge in [0.15, 0.2) is 0 Å². The first-order valence-corrected chi connectivity index (χ1v) is 3.99. The highest BCUT2D eigenvalue weighted by Gasteiger charge is 1.90. The van der Waals surface area contributed by atoms with E-state index in [0.717, 1.165) is 0 Å². The Hall–Kier alpha value is -1.57. The number of rotatable bonds is 2. The molecule has 0 unspecified atom stereocenters. The van der Waals surface area contributed by atoms with Gasteiger partial charge >= 0.3 is 0 Å². The largest absolute Gasteiger partial charge is 0.330 e. The van der Waals surface area contributed by atoms with Crippen molar-refractivity contribution < 1.29 is 0 Å². The number of nitrogens with zero attached hydrogens (tertiary/aromatic N) is 1. The molecule has 13 heavy (non-hydrogen) atoms. The molecule has 0 bridgehead atoms. The molecular formula is C9H12N4. The van der Waals surface area contributed by atoms with Crippen molar-refractivity contribution in [1.82, 2.24) is 4.98 Å². The van der Waals surface area contributed by atoms with Crippen LogP contribution in [0, 0.1) is 11.8 Å². The smallest absolute Gasteiger partial charge is 0.141 e. The fraction of sp³-hybridized carbons (Fsp3) is 0.222. The minimum atomic E-state index is 0.571. The van der Waals surface area contributed by atoms with Gasteiger partial charge in [-0.25, -0.2) is 10.8 Å². The zero-order chi connectivity index (χ0) is 9.52. The molecule has 4 nitrogen and oxygen atoms in total. The number of hydrogen-bond donors (Lipinski definition) is 3. The molecule has 0 spiro atoms. The molecule has 0 atom stereocenters. The van der Waals surface area contributed by atoms with E-state index in [2.05, 4.69) is 22.3 Å². The van der Waals surface area contributed by atoms with Crippen LogP contribution in [0.1, 0.15) is 12.1 Å². The van der Waals surface area contributed by atoms with Crippen molar-refractivity contribution in [1.29, 1.82) is 0 Å². The van der Waals surface area contributed by atoms with Crippen LogP contribution in [0.25, 0.3) is 0 Å². The van der Waals surface area contributed by atoms with Crippen molar-refractivity contribution in [3.8, 4) is 11.8 Å². The predicted octanol–water partition coefficient (Wildman–Crippen LogP) is 0.0675. The van der Waals surface area contributed by atoms with Crippen LogP contribution in [0.3, 0.4) is 0 Å². The van der Waals surface area contributed by atoms with Crippen LogP contribution in [0.4, 0.5) is 5.82 Å². The Morgan fingerprint density at radius 3 is 3.00 bits per heavy atom. The highest BCUT2D eigenvalue weighted by molar-refractivity contribution is 5.38. The van der Waals surface area contributed by atoms with E-state index in [1.165, 1.54) is 0 Å². The molecule has 68 valence electrons. The van der Waals surface area contributed by atoms with Gasteiger partial charge in [-0.15, -0.1) is 0 Å². The van der Waals surface area contributed by atoms with Crippen molar-refractivity contribution in [2.75, 3.05) is 12.0 Å². The predicted molar refractivity (Wildman–Crippen MR) is 52.6 cm³/mol. The molecule has 0 amide bonds. The molecule has 0 aromatic carbocycles. The molecule has 5 N–H and O–H groups in total. The molecular weight excluding hydrogens is 164 g/mol. The Balaban J connectivity index is 2.73. The van der Waals surface area contributed by atoms with Crippen LogP contribution < -0.4 is 17.0 Å². The maximum Gasteiger partial charge on any atom is 0.141 e. The van der Waals surface area contributed by atoms with Gasteiger partial charge in [0.25, 0.3) is 0 Å². The minimum absolute atomic E-state index is 0.571. The van der Waals surface area contributed by atoms with Gasteiger partial charge in [-0.3, -0.25) is 0 Å². The fourth-order valence-corrected chi connectivity index (χ4v) is 0.810. The maximum absolute atomic E-state index is 5.29. The first-order valence-electron chi connectivity index (χ1n) is 3.99. The summed E-state index contributed by atoms with van der Waals surface area (Å²) in [6, 6.07) is 5.44.